The van der Waals surface area contributed by atoms with Crippen LogP contribution in [0.5, 0.6) is 5.75 Å². The van der Waals surface area contributed by atoms with Crippen LogP contribution in [-0.4, -0.2) is 41.9 Å². The summed E-state index contributed by atoms with van der Waals surface area (Å²) >= 11 is 12.0. The number of nitrogens with one attached hydrogen (secondary N) is 1. The molecule has 2 aromatic carbocycles. The van der Waals surface area contributed by atoms with Crippen LogP contribution in [-0.2, 0) is 16.0 Å². The third-order valence-corrected chi connectivity index (χ3v) is 5.08. The van der Waals surface area contributed by atoms with Crippen LogP contribution in [0.1, 0.15) is 32.8 Å². The molecule has 0 aromatic heterocycles. The van der Waals surface area contributed by atoms with Crippen molar-refractivity contribution >= 4 is 35.0 Å². The van der Waals surface area contributed by atoms with Gasteiger partial charge in [0, 0.05) is 17.6 Å². The van der Waals surface area contributed by atoms with Gasteiger partial charge in [0.05, 0.1) is 5.02 Å². The summed E-state index contributed by atoms with van der Waals surface area (Å²) < 4.78 is 5.63. The Kier molecular flexibility index (Phi) is 9.47. The molecule has 0 saturated heterocycles. The van der Waals surface area contributed by atoms with Gasteiger partial charge in [0.15, 0.2) is 6.61 Å². The first-order chi connectivity index (χ1) is 14.3. The number of nitrogens with zero attached hydrogens (tertiary/aromatic N) is 1. The summed E-state index contributed by atoms with van der Waals surface area (Å²) in [6, 6.07) is 14.1. The van der Waals surface area contributed by atoms with E-state index in [2.05, 4.69) is 5.32 Å². The van der Waals surface area contributed by atoms with Gasteiger partial charge in [-0.25, -0.2) is 0 Å². The lowest BCUT2D eigenvalue weighted by atomic mass is 10.1. The van der Waals surface area contributed by atoms with Crippen LogP contribution in [0.2, 0.25) is 10.0 Å². The van der Waals surface area contributed by atoms with Gasteiger partial charge in [0.1, 0.15) is 11.8 Å². The lowest BCUT2D eigenvalue weighted by Crippen LogP contribution is -2.52. The molecular formula is C23H28Cl2N2O3. The van der Waals surface area contributed by atoms with Gasteiger partial charge >= 0.3 is 0 Å². The van der Waals surface area contributed by atoms with E-state index in [-0.39, 0.29) is 24.5 Å². The minimum absolute atomic E-state index is 0.0123. The van der Waals surface area contributed by atoms with Gasteiger partial charge in [-0.2, -0.15) is 0 Å². The third-order valence-electron chi connectivity index (χ3n) is 4.55. The highest BCUT2D eigenvalue weighted by molar-refractivity contribution is 6.35. The number of carbonyl (C=O) groups is 2. The predicted molar refractivity (Wildman–Crippen MR) is 121 cm³/mol. The molecule has 0 saturated carbocycles. The first-order valence-corrected chi connectivity index (χ1v) is 10.8. The number of ether oxygens (including phenoxy) is 1. The van der Waals surface area contributed by atoms with Crippen molar-refractivity contribution in [1.29, 1.82) is 0 Å². The normalized spacial score (nSPS) is 11.8. The third kappa shape index (κ3) is 7.22. The molecule has 2 aromatic rings. The van der Waals surface area contributed by atoms with Gasteiger partial charge in [0.25, 0.3) is 5.91 Å². The van der Waals surface area contributed by atoms with E-state index in [9.17, 15) is 9.59 Å². The first kappa shape index (κ1) is 24.0. The van der Waals surface area contributed by atoms with Gasteiger partial charge in [-0.05, 0) is 50.5 Å². The lowest BCUT2D eigenvalue weighted by Gasteiger charge is -2.31. The fraction of sp³-hybridized carbons (Fsp3) is 0.391. The molecule has 2 amide bonds. The minimum Gasteiger partial charge on any atom is -0.482 e. The molecule has 0 fully saturated rings. The molecule has 0 radical (unpaired) electrons. The Morgan fingerprint density at radius 2 is 1.80 bits per heavy atom. The molecule has 162 valence electrons. The fourth-order valence-corrected chi connectivity index (χ4v) is 3.55. The molecule has 0 aliphatic rings. The molecule has 0 heterocycles. The number of hydrogen-bond acceptors (Lipinski definition) is 3. The Morgan fingerprint density at radius 1 is 1.10 bits per heavy atom. The second-order valence-electron chi connectivity index (χ2n) is 7.27. The Bertz CT molecular complexity index is 844. The average molecular weight is 451 g/mol. The zero-order chi connectivity index (χ0) is 22.1. The van der Waals surface area contributed by atoms with E-state index in [0.29, 0.717) is 35.2 Å². The van der Waals surface area contributed by atoms with E-state index in [4.69, 9.17) is 27.9 Å². The minimum atomic E-state index is -0.576. The van der Waals surface area contributed by atoms with Crippen LogP contribution in [0.25, 0.3) is 0 Å². The molecule has 0 bridgehead atoms. The van der Waals surface area contributed by atoms with Crippen molar-refractivity contribution in [2.24, 2.45) is 0 Å². The maximum atomic E-state index is 13.1. The summed E-state index contributed by atoms with van der Waals surface area (Å²) in [5.74, 6) is -0.0711. The molecule has 1 atom stereocenters. The Balaban J connectivity index is 2.14. The standard InChI is InChI=1S/C23H28Cl2N2O3/c1-4-20(23(29)26-16(2)3)27(13-12-17-8-6-5-7-9-17)22(28)15-30-21-11-10-18(24)14-19(21)25/h5-11,14,16,20H,4,12-13,15H2,1-3H3,(H,26,29)/t20-/m1/s1. The zero-order valence-corrected chi connectivity index (χ0v) is 19.0. The van der Waals surface area contributed by atoms with Crippen molar-refractivity contribution < 1.29 is 14.3 Å². The van der Waals surface area contributed by atoms with E-state index in [1.807, 2.05) is 51.1 Å². The Labute approximate surface area is 188 Å². The largest absolute Gasteiger partial charge is 0.482 e. The van der Waals surface area contributed by atoms with Crippen LogP contribution in [0.4, 0.5) is 0 Å². The van der Waals surface area contributed by atoms with Crippen molar-refractivity contribution in [2.45, 2.75) is 45.7 Å². The van der Waals surface area contributed by atoms with Crippen molar-refractivity contribution in [1.82, 2.24) is 10.2 Å². The topological polar surface area (TPSA) is 58.6 Å². The van der Waals surface area contributed by atoms with E-state index >= 15 is 0 Å². The van der Waals surface area contributed by atoms with Crippen molar-refractivity contribution in [3.8, 4) is 5.75 Å². The molecule has 0 aliphatic carbocycles. The van der Waals surface area contributed by atoms with E-state index in [1.165, 1.54) is 0 Å². The molecule has 7 heteroatoms. The maximum absolute atomic E-state index is 13.1. The molecule has 0 spiro atoms. The van der Waals surface area contributed by atoms with Crippen LogP contribution in [0.3, 0.4) is 0 Å². The smallest absolute Gasteiger partial charge is 0.261 e. The zero-order valence-electron chi connectivity index (χ0n) is 17.5. The quantitative estimate of drug-likeness (QED) is 0.568. The van der Waals surface area contributed by atoms with E-state index < -0.39 is 6.04 Å². The summed E-state index contributed by atoms with van der Waals surface area (Å²) in [6.45, 7) is 5.87. The van der Waals surface area contributed by atoms with E-state index in [1.54, 1.807) is 23.1 Å². The Morgan fingerprint density at radius 3 is 2.40 bits per heavy atom. The van der Waals surface area contributed by atoms with Gasteiger partial charge in [-0.15, -0.1) is 0 Å². The van der Waals surface area contributed by atoms with Gasteiger partial charge in [-0.3, -0.25) is 9.59 Å². The van der Waals surface area contributed by atoms with Crippen LogP contribution >= 0.6 is 23.2 Å². The number of halogens is 2. The monoisotopic (exact) mass is 450 g/mol. The number of carbonyl (C=O) groups excluding carboxylic acids is 2. The Hall–Kier alpha value is -2.24. The van der Waals surface area contributed by atoms with Crippen LogP contribution in [0, 0.1) is 0 Å². The predicted octanol–water partition coefficient (Wildman–Crippen LogP) is 4.75. The second kappa shape index (κ2) is 11.8. The highest BCUT2D eigenvalue weighted by Crippen LogP contribution is 2.27. The fourth-order valence-electron chi connectivity index (χ4n) is 3.09. The van der Waals surface area contributed by atoms with Crippen molar-refractivity contribution in [3.05, 3.63) is 64.1 Å². The highest BCUT2D eigenvalue weighted by atomic mass is 35.5. The summed E-state index contributed by atoms with van der Waals surface area (Å²) in [7, 11) is 0. The summed E-state index contributed by atoms with van der Waals surface area (Å²) in [5, 5.41) is 3.72. The van der Waals surface area contributed by atoms with Gasteiger partial charge in [-0.1, -0.05) is 60.5 Å². The van der Waals surface area contributed by atoms with Crippen LogP contribution < -0.4 is 10.1 Å². The second-order valence-corrected chi connectivity index (χ2v) is 8.12. The summed E-state index contributed by atoms with van der Waals surface area (Å²) in [6.07, 6.45) is 1.14. The molecule has 5 nitrogen and oxygen atoms in total. The lowest BCUT2D eigenvalue weighted by molar-refractivity contribution is -0.142. The molecule has 0 unspecified atom stereocenters. The van der Waals surface area contributed by atoms with E-state index in [0.717, 1.165) is 5.56 Å². The SMILES string of the molecule is CC[C@H](C(=O)NC(C)C)N(CCc1ccccc1)C(=O)COc1ccc(Cl)cc1Cl. The maximum Gasteiger partial charge on any atom is 0.261 e. The highest BCUT2D eigenvalue weighted by Gasteiger charge is 2.29. The van der Waals surface area contributed by atoms with Gasteiger partial charge in [0.2, 0.25) is 5.91 Å². The molecule has 0 aliphatic heterocycles. The molecule has 30 heavy (non-hydrogen) atoms. The summed E-state index contributed by atoms with van der Waals surface area (Å²) in [5.41, 5.74) is 1.09. The van der Waals surface area contributed by atoms with Crippen molar-refractivity contribution in [2.75, 3.05) is 13.2 Å². The molecular weight excluding hydrogens is 423 g/mol. The number of benzene rings is 2. The average Bonchev–Trinajstić information content (AvgIpc) is 2.70. The number of hydrogen-bond donors (Lipinski definition) is 1. The number of amides is 2. The van der Waals surface area contributed by atoms with Crippen molar-refractivity contribution in [3.63, 3.8) is 0 Å². The summed E-state index contributed by atoms with van der Waals surface area (Å²) in [4.78, 5) is 27.4. The molecule has 1 N–H and O–H groups in total. The first-order valence-electron chi connectivity index (χ1n) is 10.0. The number of rotatable bonds is 10. The van der Waals surface area contributed by atoms with Gasteiger partial charge < -0.3 is 15.0 Å². The molecule has 2 rings (SSSR count). The van der Waals surface area contributed by atoms with Crippen LogP contribution in [0.15, 0.2) is 48.5 Å².